The van der Waals surface area contributed by atoms with Crippen LogP contribution in [0, 0.1) is 17.6 Å². The first kappa shape index (κ1) is 34.4. The monoisotopic (exact) mass is 677 g/mol. The highest BCUT2D eigenvalue weighted by molar-refractivity contribution is 7.92. The number of carbonyl (C=O) groups excluding carboxylic acids is 2. The molecule has 0 saturated carbocycles. The summed E-state index contributed by atoms with van der Waals surface area (Å²) in [6, 6.07) is 22.6. The Balaban J connectivity index is 1.57. The average molecular weight is 678 g/mol. The third kappa shape index (κ3) is 8.29. The van der Waals surface area contributed by atoms with E-state index in [4.69, 9.17) is 9.47 Å². The summed E-state index contributed by atoms with van der Waals surface area (Å²) in [5.41, 5.74) is 0.894. The number of nitrogens with zero attached hydrogens (tertiary/aromatic N) is 2. The minimum Gasteiger partial charge on any atom is -0.486 e. The molecule has 0 saturated heterocycles. The van der Waals surface area contributed by atoms with E-state index in [0.717, 1.165) is 22.0 Å². The number of amides is 2. The number of ether oxygens (including phenoxy) is 2. The molecular weight excluding hydrogens is 640 g/mol. The van der Waals surface area contributed by atoms with Crippen molar-refractivity contribution in [3.05, 3.63) is 120 Å². The molecule has 0 aliphatic carbocycles. The molecule has 0 spiro atoms. The van der Waals surface area contributed by atoms with Crippen LogP contribution in [0.2, 0.25) is 0 Å². The molecule has 1 atom stereocenters. The van der Waals surface area contributed by atoms with Crippen molar-refractivity contribution in [2.45, 2.75) is 37.8 Å². The van der Waals surface area contributed by atoms with E-state index in [0.29, 0.717) is 18.9 Å². The molecule has 48 heavy (non-hydrogen) atoms. The predicted molar refractivity (Wildman–Crippen MR) is 177 cm³/mol. The maximum Gasteiger partial charge on any atom is 0.264 e. The van der Waals surface area contributed by atoms with Gasteiger partial charge in [0.05, 0.1) is 10.6 Å². The van der Waals surface area contributed by atoms with Crippen molar-refractivity contribution in [2.24, 2.45) is 5.92 Å². The summed E-state index contributed by atoms with van der Waals surface area (Å²) in [6.45, 7) is 3.62. The molecule has 0 radical (unpaired) electrons. The average Bonchev–Trinajstić information content (AvgIpc) is 3.09. The Labute approximate surface area is 279 Å². The van der Waals surface area contributed by atoms with Gasteiger partial charge in [0, 0.05) is 31.1 Å². The Morgan fingerprint density at radius 3 is 2.21 bits per heavy atom. The molecular formula is C36H37F2N3O6S. The molecule has 252 valence electrons. The maximum absolute atomic E-state index is 15.1. The highest BCUT2D eigenvalue weighted by Crippen LogP contribution is 2.34. The summed E-state index contributed by atoms with van der Waals surface area (Å²) in [5, 5.41) is 2.89. The lowest BCUT2D eigenvalue weighted by Crippen LogP contribution is -2.53. The third-order valence-electron chi connectivity index (χ3n) is 7.75. The van der Waals surface area contributed by atoms with Crippen molar-refractivity contribution < 1.29 is 36.3 Å². The van der Waals surface area contributed by atoms with Crippen molar-refractivity contribution in [1.29, 1.82) is 0 Å². The number of sulfonamides is 1. The number of nitrogens with one attached hydrogen (secondary N) is 1. The molecule has 0 aromatic heterocycles. The fourth-order valence-electron chi connectivity index (χ4n) is 5.23. The molecule has 0 unspecified atom stereocenters. The minimum absolute atomic E-state index is 0.00866. The second-order valence-electron chi connectivity index (χ2n) is 11.8. The number of rotatable bonds is 13. The quantitative estimate of drug-likeness (QED) is 0.205. The number of carbonyl (C=O) groups is 2. The first-order valence-electron chi connectivity index (χ1n) is 15.6. The molecule has 9 nitrogen and oxygen atoms in total. The molecule has 4 aromatic carbocycles. The SMILES string of the molecule is CC(C)CNC(=O)[C@@H](Cc1ccccc1)N(Cc1ccccc1F)C(=O)CN(c1ccc(F)cc1)S(=O)(=O)c1ccc2c(c1)OCCO2. The van der Waals surface area contributed by atoms with Crippen LogP contribution in [-0.4, -0.2) is 57.5 Å². The van der Waals surface area contributed by atoms with Crippen molar-refractivity contribution in [3.8, 4) is 11.5 Å². The van der Waals surface area contributed by atoms with E-state index in [2.05, 4.69) is 5.32 Å². The van der Waals surface area contributed by atoms with Crippen molar-refractivity contribution in [1.82, 2.24) is 10.2 Å². The Kier molecular flexibility index (Phi) is 10.9. The minimum atomic E-state index is -4.48. The lowest BCUT2D eigenvalue weighted by molar-refractivity contribution is -0.140. The summed E-state index contributed by atoms with van der Waals surface area (Å²) in [5.74, 6) is -1.74. The maximum atomic E-state index is 15.1. The first-order chi connectivity index (χ1) is 23.0. The third-order valence-corrected chi connectivity index (χ3v) is 9.52. The summed E-state index contributed by atoms with van der Waals surface area (Å²) in [7, 11) is -4.48. The normalized spacial score (nSPS) is 13.1. The Bertz CT molecular complexity index is 1840. The Morgan fingerprint density at radius 2 is 1.52 bits per heavy atom. The largest absolute Gasteiger partial charge is 0.486 e. The van der Waals surface area contributed by atoms with E-state index in [-0.39, 0.29) is 47.4 Å². The van der Waals surface area contributed by atoms with Gasteiger partial charge in [-0.3, -0.25) is 13.9 Å². The lowest BCUT2D eigenvalue weighted by Gasteiger charge is -2.34. The fourth-order valence-corrected chi connectivity index (χ4v) is 6.66. The summed E-state index contributed by atoms with van der Waals surface area (Å²) >= 11 is 0. The van der Waals surface area contributed by atoms with E-state index < -0.39 is 46.1 Å². The van der Waals surface area contributed by atoms with Crippen LogP contribution < -0.4 is 19.1 Å². The molecule has 1 aliphatic heterocycles. The van der Waals surface area contributed by atoms with Crippen LogP contribution in [0.25, 0.3) is 0 Å². The predicted octanol–water partition coefficient (Wildman–Crippen LogP) is 5.34. The number of fused-ring (bicyclic) bond motifs is 1. The number of benzene rings is 4. The molecule has 2 amide bonds. The van der Waals surface area contributed by atoms with Gasteiger partial charge in [-0.2, -0.15) is 0 Å². The van der Waals surface area contributed by atoms with Gasteiger partial charge in [-0.15, -0.1) is 0 Å². The van der Waals surface area contributed by atoms with Gasteiger partial charge in [0.1, 0.15) is 37.4 Å². The highest BCUT2D eigenvalue weighted by atomic mass is 32.2. The van der Waals surface area contributed by atoms with Crippen LogP contribution >= 0.6 is 0 Å². The van der Waals surface area contributed by atoms with Gasteiger partial charge in [0.25, 0.3) is 10.0 Å². The number of hydrogen-bond acceptors (Lipinski definition) is 6. The standard InChI is InChI=1S/C36H37F2N3O6S/c1-25(2)22-39-36(43)32(20-26-8-4-3-5-9-26)40(23-27-10-6-7-11-31(27)38)35(42)24-41(29-14-12-28(37)13-15-29)48(44,45)30-16-17-33-34(21-30)47-19-18-46-33/h3-17,21,25,32H,18-20,22-24H2,1-2H3,(H,39,43)/t32-/m1/s1. The summed E-state index contributed by atoms with van der Waals surface area (Å²) in [4.78, 5) is 29.3. The number of hydrogen-bond donors (Lipinski definition) is 1. The van der Waals surface area contributed by atoms with Crippen LogP contribution in [0.5, 0.6) is 11.5 Å². The van der Waals surface area contributed by atoms with Crippen molar-refractivity contribution in [3.63, 3.8) is 0 Å². The fraction of sp³-hybridized carbons (Fsp3) is 0.278. The van der Waals surface area contributed by atoms with Crippen molar-refractivity contribution in [2.75, 3.05) is 30.6 Å². The van der Waals surface area contributed by atoms with E-state index in [1.54, 1.807) is 18.2 Å². The van der Waals surface area contributed by atoms with Crippen LogP contribution in [0.15, 0.2) is 102 Å². The van der Waals surface area contributed by atoms with Gasteiger partial charge in [-0.25, -0.2) is 17.2 Å². The topological polar surface area (TPSA) is 105 Å². The van der Waals surface area contributed by atoms with Crippen LogP contribution in [0.1, 0.15) is 25.0 Å². The molecule has 1 heterocycles. The number of halogens is 2. The molecule has 1 aliphatic rings. The molecule has 12 heteroatoms. The van der Waals surface area contributed by atoms with Crippen LogP contribution in [-0.2, 0) is 32.6 Å². The highest BCUT2D eigenvalue weighted by Gasteiger charge is 2.35. The van der Waals surface area contributed by atoms with Gasteiger partial charge in [-0.05, 0) is 53.9 Å². The summed E-state index contributed by atoms with van der Waals surface area (Å²) in [6.07, 6.45) is 0.0798. The van der Waals surface area contributed by atoms with Crippen LogP contribution in [0.3, 0.4) is 0 Å². The zero-order valence-corrected chi connectivity index (χ0v) is 27.5. The Morgan fingerprint density at radius 1 is 0.854 bits per heavy atom. The van der Waals surface area contributed by atoms with E-state index in [9.17, 15) is 22.4 Å². The molecule has 1 N–H and O–H groups in total. The number of anilines is 1. The smallest absolute Gasteiger partial charge is 0.264 e. The zero-order valence-electron chi connectivity index (χ0n) is 26.6. The Hall–Kier alpha value is -4.97. The molecule has 5 rings (SSSR count). The van der Waals surface area contributed by atoms with Gasteiger partial charge in [-0.1, -0.05) is 62.4 Å². The molecule has 4 aromatic rings. The summed E-state index contributed by atoms with van der Waals surface area (Å²) < 4.78 is 69.6. The van der Waals surface area contributed by atoms with Gasteiger partial charge >= 0.3 is 0 Å². The van der Waals surface area contributed by atoms with Crippen molar-refractivity contribution >= 4 is 27.5 Å². The van der Waals surface area contributed by atoms with Gasteiger partial charge in [0.2, 0.25) is 11.8 Å². The molecule has 0 fully saturated rings. The molecule has 0 bridgehead atoms. The van der Waals surface area contributed by atoms with E-state index in [1.165, 1.54) is 53.4 Å². The second-order valence-corrected chi connectivity index (χ2v) is 13.6. The lowest BCUT2D eigenvalue weighted by atomic mass is 10.0. The van der Waals surface area contributed by atoms with Crippen LogP contribution in [0.4, 0.5) is 14.5 Å². The second kappa shape index (κ2) is 15.3. The zero-order chi connectivity index (χ0) is 34.3. The van der Waals surface area contributed by atoms with Gasteiger partial charge < -0.3 is 19.7 Å². The van der Waals surface area contributed by atoms with Gasteiger partial charge in [0.15, 0.2) is 11.5 Å². The first-order valence-corrected chi connectivity index (χ1v) is 17.0. The van der Waals surface area contributed by atoms with E-state index >= 15 is 4.39 Å². The van der Waals surface area contributed by atoms with E-state index in [1.807, 2.05) is 32.0 Å².